The first-order valence-corrected chi connectivity index (χ1v) is 9.16. The van der Waals surface area contributed by atoms with Gasteiger partial charge in [0.1, 0.15) is 12.4 Å². The van der Waals surface area contributed by atoms with E-state index in [1.54, 1.807) is 13.1 Å². The Morgan fingerprint density at radius 3 is 2.73 bits per heavy atom. The second kappa shape index (κ2) is 10.2. The molecule has 144 valence electrons. The van der Waals surface area contributed by atoms with Gasteiger partial charge in [-0.3, -0.25) is 9.89 Å². The summed E-state index contributed by atoms with van der Waals surface area (Å²) in [5, 5.41) is 6.81. The van der Waals surface area contributed by atoms with Crippen molar-refractivity contribution in [3.8, 4) is 5.75 Å². The van der Waals surface area contributed by atoms with Gasteiger partial charge in [0.15, 0.2) is 5.96 Å². The Morgan fingerprint density at radius 2 is 2.04 bits per heavy atom. The van der Waals surface area contributed by atoms with Crippen LogP contribution < -0.4 is 15.4 Å². The van der Waals surface area contributed by atoms with Crippen molar-refractivity contribution in [2.45, 2.75) is 25.9 Å². The van der Waals surface area contributed by atoms with Gasteiger partial charge in [0.05, 0.1) is 13.2 Å². The van der Waals surface area contributed by atoms with E-state index < -0.39 is 0 Å². The molecule has 1 aliphatic heterocycles. The molecule has 6 heteroatoms. The summed E-state index contributed by atoms with van der Waals surface area (Å²) in [4.78, 5) is 6.79. The molecule has 0 spiro atoms. The van der Waals surface area contributed by atoms with Crippen LogP contribution in [0.2, 0.25) is 0 Å². The van der Waals surface area contributed by atoms with E-state index in [-0.39, 0.29) is 5.54 Å². The van der Waals surface area contributed by atoms with E-state index in [9.17, 15) is 0 Å². The van der Waals surface area contributed by atoms with Crippen molar-refractivity contribution in [1.82, 2.24) is 15.5 Å². The zero-order valence-corrected chi connectivity index (χ0v) is 16.3. The average Bonchev–Trinajstić information content (AvgIpc) is 2.68. The maximum absolute atomic E-state index is 5.71. The minimum atomic E-state index is 0.0341. The number of ether oxygens (including phenoxy) is 2. The highest BCUT2D eigenvalue weighted by Gasteiger charge is 2.28. The number of para-hydroxylation sites is 1. The quantitative estimate of drug-likeness (QED) is 0.422. The fourth-order valence-electron chi connectivity index (χ4n) is 2.92. The Kier molecular flexibility index (Phi) is 7.94. The number of morpholine rings is 1. The molecular formula is C20H32N4O2. The second-order valence-electron chi connectivity index (χ2n) is 6.90. The zero-order chi connectivity index (χ0) is 18.8. The first-order chi connectivity index (χ1) is 12.6. The first kappa shape index (κ1) is 20.3. The molecule has 0 radical (unpaired) electrons. The van der Waals surface area contributed by atoms with Crippen molar-refractivity contribution in [1.29, 1.82) is 0 Å². The summed E-state index contributed by atoms with van der Waals surface area (Å²) < 4.78 is 11.2. The minimum Gasteiger partial charge on any atom is -0.489 e. The molecule has 0 aliphatic carbocycles. The lowest BCUT2D eigenvalue weighted by Crippen LogP contribution is -2.56. The number of rotatable bonds is 8. The number of aliphatic imine (C=N–C) groups is 1. The van der Waals surface area contributed by atoms with Crippen LogP contribution in [0, 0.1) is 0 Å². The molecule has 26 heavy (non-hydrogen) atoms. The lowest BCUT2D eigenvalue weighted by atomic mass is 10.0. The molecule has 1 fully saturated rings. The summed E-state index contributed by atoms with van der Waals surface area (Å²) >= 11 is 0. The Morgan fingerprint density at radius 1 is 1.31 bits per heavy atom. The summed E-state index contributed by atoms with van der Waals surface area (Å²) in [6.07, 6.45) is 1.75. The summed E-state index contributed by atoms with van der Waals surface area (Å²) in [5.74, 6) is 1.65. The predicted molar refractivity (Wildman–Crippen MR) is 107 cm³/mol. The van der Waals surface area contributed by atoms with Crippen molar-refractivity contribution < 1.29 is 9.47 Å². The van der Waals surface area contributed by atoms with Gasteiger partial charge in [-0.05, 0) is 19.9 Å². The fraction of sp³-hybridized carbons (Fsp3) is 0.550. The van der Waals surface area contributed by atoms with Crippen LogP contribution in [0.1, 0.15) is 19.4 Å². The highest BCUT2D eigenvalue weighted by atomic mass is 16.5. The third-order valence-corrected chi connectivity index (χ3v) is 4.55. The molecule has 1 aromatic carbocycles. The molecule has 0 saturated carbocycles. The molecule has 1 saturated heterocycles. The monoisotopic (exact) mass is 360 g/mol. The number of hydrogen-bond donors (Lipinski definition) is 2. The topological polar surface area (TPSA) is 58.1 Å². The lowest BCUT2D eigenvalue weighted by Gasteiger charge is -2.41. The van der Waals surface area contributed by atoms with E-state index in [1.165, 1.54) is 0 Å². The van der Waals surface area contributed by atoms with Crippen molar-refractivity contribution in [2.24, 2.45) is 4.99 Å². The third-order valence-electron chi connectivity index (χ3n) is 4.55. The van der Waals surface area contributed by atoms with Crippen LogP contribution >= 0.6 is 0 Å². The predicted octanol–water partition coefficient (Wildman–Crippen LogP) is 2.03. The van der Waals surface area contributed by atoms with Gasteiger partial charge in [-0.1, -0.05) is 30.9 Å². The van der Waals surface area contributed by atoms with Gasteiger partial charge in [-0.25, -0.2) is 0 Å². The van der Waals surface area contributed by atoms with Crippen LogP contribution in [0.25, 0.3) is 0 Å². The molecular weight excluding hydrogens is 328 g/mol. The molecule has 1 aliphatic rings. The van der Waals surface area contributed by atoms with Gasteiger partial charge in [0.2, 0.25) is 0 Å². The maximum Gasteiger partial charge on any atom is 0.191 e. The first-order valence-electron chi connectivity index (χ1n) is 9.16. The van der Waals surface area contributed by atoms with Gasteiger partial charge in [0.25, 0.3) is 0 Å². The van der Waals surface area contributed by atoms with E-state index in [4.69, 9.17) is 9.47 Å². The Balaban J connectivity index is 1.87. The Hall–Kier alpha value is -2.05. The zero-order valence-electron chi connectivity index (χ0n) is 16.3. The highest BCUT2D eigenvalue weighted by Crippen LogP contribution is 2.18. The fourth-order valence-corrected chi connectivity index (χ4v) is 2.92. The normalized spacial score (nSPS) is 16.2. The van der Waals surface area contributed by atoms with E-state index in [1.807, 2.05) is 18.2 Å². The average molecular weight is 361 g/mol. The van der Waals surface area contributed by atoms with E-state index in [2.05, 4.69) is 47.0 Å². The van der Waals surface area contributed by atoms with Gasteiger partial charge in [-0.2, -0.15) is 0 Å². The van der Waals surface area contributed by atoms with Gasteiger partial charge in [-0.15, -0.1) is 0 Å². The number of guanidine groups is 1. The summed E-state index contributed by atoms with van der Waals surface area (Å²) in [5.41, 5.74) is 1.12. The van der Waals surface area contributed by atoms with Crippen LogP contribution in [0.3, 0.4) is 0 Å². The molecule has 0 unspecified atom stereocenters. The molecule has 0 atom stereocenters. The van der Waals surface area contributed by atoms with E-state index in [0.717, 1.165) is 50.1 Å². The summed E-state index contributed by atoms with van der Waals surface area (Å²) in [6, 6.07) is 8.00. The molecule has 0 aromatic heterocycles. The smallest absolute Gasteiger partial charge is 0.191 e. The number of nitrogens with one attached hydrogen (secondary N) is 2. The van der Waals surface area contributed by atoms with Crippen molar-refractivity contribution >= 4 is 5.96 Å². The molecule has 1 aromatic rings. The standard InChI is InChI=1S/C20H32N4O2/c1-5-12-26-18-9-7-6-8-17(18)15-22-19(21-4)23-16-20(2,3)24-10-13-25-14-11-24/h5-9H,1,10-16H2,2-4H3,(H2,21,22,23). The maximum atomic E-state index is 5.71. The largest absolute Gasteiger partial charge is 0.489 e. The second-order valence-corrected chi connectivity index (χ2v) is 6.90. The van der Waals surface area contributed by atoms with Crippen molar-refractivity contribution in [3.63, 3.8) is 0 Å². The van der Waals surface area contributed by atoms with Gasteiger partial charge < -0.3 is 20.1 Å². The number of benzene rings is 1. The minimum absolute atomic E-state index is 0.0341. The van der Waals surface area contributed by atoms with Crippen molar-refractivity contribution in [3.05, 3.63) is 42.5 Å². The van der Waals surface area contributed by atoms with Gasteiger partial charge in [0, 0.05) is 44.3 Å². The van der Waals surface area contributed by atoms with Gasteiger partial charge >= 0.3 is 0 Å². The van der Waals surface area contributed by atoms with E-state index >= 15 is 0 Å². The summed E-state index contributed by atoms with van der Waals surface area (Å²) in [6.45, 7) is 13.7. The third kappa shape index (κ3) is 6.04. The van der Waals surface area contributed by atoms with E-state index in [0.29, 0.717) is 13.2 Å². The molecule has 0 amide bonds. The molecule has 0 bridgehead atoms. The van der Waals surface area contributed by atoms with Crippen LogP contribution in [0.4, 0.5) is 0 Å². The van der Waals surface area contributed by atoms with Crippen LogP contribution in [0.5, 0.6) is 5.75 Å². The highest BCUT2D eigenvalue weighted by molar-refractivity contribution is 5.79. The van der Waals surface area contributed by atoms with Crippen LogP contribution in [-0.4, -0.2) is 62.9 Å². The number of hydrogen-bond acceptors (Lipinski definition) is 4. The Bertz CT molecular complexity index is 595. The SMILES string of the molecule is C=CCOc1ccccc1CNC(=NC)NCC(C)(C)N1CCOCC1. The molecule has 6 nitrogen and oxygen atoms in total. The Labute approximate surface area is 157 Å². The summed E-state index contributed by atoms with van der Waals surface area (Å²) in [7, 11) is 1.79. The van der Waals surface area contributed by atoms with Crippen LogP contribution in [0.15, 0.2) is 41.9 Å². The van der Waals surface area contributed by atoms with Crippen molar-refractivity contribution in [2.75, 3.05) is 46.5 Å². The lowest BCUT2D eigenvalue weighted by molar-refractivity contribution is -0.00834. The molecule has 1 heterocycles. The number of nitrogens with zero attached hydrogens (tertiary/aromatic N) is 2. The molecule has 2 N–H and O–H groups in total. The molecule has 2 rings (SSSR count). The van der Waals surface area contributed by atoms with Crippen LogP contribution in [-0.2, 0) is 11.3 Å².